The van der Waals surface area contributed by atoms with E-state index in [9.17, 15) is 8.42 Å². The predicted octanol–water partition coefficient (Wildman–Crippen LogP) is 2.45. The molecule has 24 heavy (non-hydrogen) atoms. The van der Waals surface area contributed by atoms with Gasteiger partial charge in [0.2, 0.25) is 5.88 Å². The molecule has 2 heterocycles. The van der Waals surface area contributed by atoms with E-state index >= 15 is 0 Å². The zero-order valence-electron chi connectivity index (χ0n) is 14.2. The van der Waals surface area contributed by atoms with E-state index in [1.807, 2.05) is 0 Å². The fourth-order valence-electron chi connectivity index (χ4n) is 3.87. The van der Waals surface area contributed by atoms with Crippen LogP contribution in [0.2, 0.25) is 0 Å². The molecule has 1 aromatic rings. The first kappa shape index (κ1) is 17.4. The molecule has 1 saturated carbocycles. The Kier molecular flexibility index (Phi) is 4.97. The average Bonchev–Trinajstić information content (AvgIpc) is 3.30. The average molecular weight is 350 g/mol. The highest BCUT2D eigenvalue weighted by atomic mass is 32.2. The molecule has 1 saturated heterocycles. The third-order valence-corrected chi connectivity index (χ3v) is 6.59. The summed E-state index contributed by atoms with van der Waals surface area (Å²) < 4.78 is 28.6. The lowest BCUT2D eigenvalue weighted by Crippen LogP contribution is -2.29. The van der Waals surface area contributed by atoms with Gasteiger partial charge in [-0.1, -0.05) is 6.08 Å². The molecule has 132 valence electrons. The highest BCUT2D eigenvalue weighted by molar-refractivity contribution is 7.90. The van der Waals surface area contributed by atoms with E-state index in [-0.39, 0.29) is 10.3 Å². The lowest BCUT2D eigenvalue weighted by molar-refractivity contribution is 0.248. The quantitative estimate of drug-likeness (QED) is 0.765. The standard InChI is InChI=1S/C18H26N2O3S/c1-3-18(12-16(18)14-6-9-19-10-7-14)8-11-23-17-5-4-15(13-20-17)24(2,21)22/h3-5,13-14,16,19H,1,6-12H2,2H3. The van der Waals surface area contributed by atoms with Crippen molar-refractivity contribution in [3.63, 3.8) is 0 Å². The van der Waals surface area contributed by atoms with Crippen LogP contribution in [-0.4, -0.2) is 39.4 Å². The predicted molar refractivity (Wildman–Crippen MR) is 93.8 cm³/mol. The van der Waals surface area contributed by atoms with E-state index in [4.69, 9.17) is 4.74 Å². The largest absolute Gasteiger partial charge is 0.478 e. The van der Waals surface area contributed by atoms with Gasteiger partial charge in [0.15, 0.2) is 9.84 Å². The Balaban J connectivity index is 1.51. The zero-order chi connectivity index (χ0) is 17.2. The molecule has 1 aliphatic carbocycles. The number of aromatic nitrogens is 1. The van der Waals surface area contributed by atoms with Crippen molar-refractivity contribution in [3.8, 4) is 5.88 Å². The summed E-state index contributed by atoms with van der Waals surface area (Å²) in [6.07, 6.45) is 9.31. The molecular weight excluding hydrogens is 324 g/mol. The fourth-order valence-corrected chi connectivity index (χ4v) is 4.43. The molecule has 3 rings (SSSR count). The third kappa shape index (κ3) is 3.81. The van der Waals surface area contributed by atoms with Crippen molar-refractivity contribution >= 4 is 9.84 Å². The van der Waals surface area contributed by atoms with E-state index in [0.717, 1.165) is 31.3 Å². The van der Waals surface area contributed by atoms with Gasteiger partial charge >= 0.3 is 0 Å². The highest BCUT2D eigenvalue weighted by Gasteiger charge is 2.54. The maximum absolute atomic E-state index is 11.4. The molecule has 0 spiro atoms. The second kappa shape index (κ2) is 6.84. The smallest absolute Gasteiger partial charge is 0.213 e. The van der Waals surface area contributed by atoms with Gasteiger partial charge in [0.1, 0.15) is 0 Å². The van der Waals surface area contributed by atoms with E-state index in [2.05, 4.69) is 23.0 Å². The van der Waals surface area contributed by atoms with E-state index in [1.54, 1.807) is 6.07 Å². The van der Waals surface area contributed by atoms with Gasteiger partial charge in [-0.3, -0.25) is 0 Å². The topological polar surface area (TPSA) is 68.3 Å². The van der Waals surface area contributed by atoms with Gasteiger partial charge in [-0.05, 0) is 62.1 Å². The number of piperidine rings is 1. The number of pyridine rings is 1. The molecule has 1 aromatic heterocycles. The Morgan fingerprint density at radius 3 is 2.75 bits per heavy atom. The summed E-state index contributed by atoms with van der Waals surface area (Å²) in [7, 11) is -3.21. The molecule has 2 aliphatic rings. The first-order valence-electron chi connectivity index (χ1n) is 8.58. The second-order valence-corrected chi connectivity index (χ2v) is 9.05. The van der Waals surface area contributed by atoms with Crippen LogP contribution in [0.4, 0.5) is 0 Å². The third-order valence-electron chi connectivity index (χ3n) is 5.49. The highest BCUT2D eigenvalue weighted by Crippen LogP contribution is 2.61. The maximum atomic E-state index is 11.4. The first-order chi connectivity index (χ1) is 11.4. The minimum Gasteiger partial charge on any atom is -0.478 e. The van der Waals surface area contributed by atoms with Crippen LogP contribution in [-0.2, 0) is 9.84 Å². The van der Waals surface area contributed by atoms with Crippen LogP contribution in [0.1, 0.15) is 25.7 Å². The van der Waals surface area contributed by atoms with Crippen LogP contribution >= 0.6 is 0 Å². The lowest BCUT2D eigenvalue weighted by Gasteiger charge is -2.25. The van der Waals surface area contributed by atoms with Crippen molar-refractivity contribution in [1.29, 1.82) is 0 Å². The summed E-state index contributed by atoms with van der Waals surface area (Å²) in [4.78, 5) is 4.30. The number of ether oxygens (including phenoxy) is 1. The van der Waals surface area contributed by atoms with E-state index in [1.165, 1.54) is 37.8 Å². The second-order valence-electron chi connectivity index (χ2n) is 7.04. The molecule has 1 aliphatic heterocycles. The summed E-state index contributed by atoms with van der Waals surface area (Å²) in [5.41, 5.74) is 0.217. The molecule has 0 radical (unpaired) electrons. The van der Waals surface area contributed by atoms with Crippen LogP contribution in [0, 0.1) is 17.3 Å². The number of nitrogens with zero attached hydrogens (tertiary/aromatic N) is 1. The Bertz CT molecular complexity index is 681. The van der Waals surface area contributed by atoms with Crippen LogP contribution in [0.5, 0.6) is 5.88 Å². The van der Waals surface area contributed by atoms with Crippen molar-refractivity contribution in [2.75, 3.05) is 26.0 Å². The summed E-state index contributed by atoms with van der Waals surface area (Å²) in [5, 5.41) is 3.42. The van der Waals surface area contributed by atoms with Gasteiger partial charge < -0.3 is 10.1 Å². The van der Waals surface area contributed by atoms with Crippen LogP contribution in [0.25, 0.3) is 0 Å². The molecule has 5 nitrogen and oxygen atoms in total. The minimum absolute atomic E-state index is 0.213. The number of rotatable bonds is 7. The van der Waals surface area contributed by atoms with Gasteiger partial charge in [0.05, 0.1) is 11.5 Å². The Morgan fingerprint density at radius 1 is 1.42 bits per heavy atom. The Labute approximate surface area is 144 Å². The summed E-state index contributed by atoms with van der Waals surface area (Å²) in [6.45, 7) is 6.89. The Hall–Kier alpha value is -1.40. The minimum atomic E-state index is -3.21. The van der Waals surface area contributed by atoms with Crippen molar-refractivity contribution < 1.29 is 13.2 Å². The number of sulfone groups is 1. The van der Waals surface area contributed by atoms with Gasteiger partial charge in [-0.2, -0.15) is 0 Å². The fraction of sp³-hybridized carbons (Fsp3) is 0.611. The normalized spacial score (nSPS) is 27.6. The number of nitrogens with one attached hydrogen (secondary N) is 1. The van der Waals surface area contributed by atoms with Gasteiger partial charge in [0.25, 0.3) is 0 Å². The molecule has 2 unspecified atom stereocenters. The van der Waals surface area contributed by atoms with Gasteiger partial charge in [0, 0.05) is 18.5 Å². The van der Waals surface area contributed by atoms with Crippen molar-refractivity contribution in [1.82, 2.24) is 10.3 Å². The molecule has 6 heteroatoms. The van der Waals surface area contributed by atoms with Crippen LogP contribution in [0.3, 0.4) is 0 Å². The maximum Gasteiger partial charge on any atom is 0.213 e. The first-order valence-corrected chi connectivity index (χ1v) is 10.5. The molecule has 2 atom stereocenters. The van der Waals surface area contributed by atoms with E-state index in [0.29, 0.717) is 12.5 Å². The molecule has 2 fully saturated rings. The van der Waals surface area contributed by atoms with Crippen molar-refractivity contribution in [2.45, 2.75) is 30.6 Å². The number of allylic oxidation sites excluding steroid dienone is 1. The number of hydrogen-bond acceptors (Lipinski definition) is 5. The monoisotopic (exact) mass is 350 g/mol. The van der Waals surface area contributed by atoms with Crippen LogP contribution < -0.4 is 10.1 Å². The summed E-state index contributed by atoms with van der Waals surface area (Å²) >= 11 is 0. The zero-order valence-corrected chi connectivity index (χ0v) is 15.0. The molecule has 0 bridgehead atoms. The SMILES string of the molecule is C=CC1(CCOc2ccc(S(C)(=O)=O)cn2)CC1C1CCNCC1. The molecular formula is C18H26N2O3S. The number of hydrogen-bond donors (Lipinski definition) is 1. The molecule has 1 N–H and O–H groups in total. The van der Waals surface area contributed by atoms with E-state index < -0.39 is 9.84 Å². The van der Waals surface area contributed by atoms with Crippen LogP contribution in [0.15, 0.2) is 35.9 Å². The van der Waals surface area contributed by atoms with Gasteiger partial charge in [-0.15, -0.1) is 6.58 Å². The lowest BCUT2D eigenvalue weighted by atomic mass is 9.86. The molecule has 0 aromatic carbocycles. The Morgan fingerprint density at radius 2 is 2.17 bits per heavy atom. The van der Waals surface area contributed by atoms with Gasteiger partial charge in [-0.25, -0.2) is 13.4 Å². The van der Waals surface area contributed by atoms with Crippen molar-refractivity contribution in [2.24, 2.45) is 17.3 Å². The summed E-state index contributed by atoms with van der Waals surface area (Å²) in [6, 6.07) is 3.16. The van der Waals surface area contributed by atoms with Crippen molar-refractivity contribution in [3.05, 3.63) is 31.0 Å². The molecule has 0 amide bonds. The summed E-state index contributed by atoms with van der Waals surface area (Å²) in [5.74, 6) is 2.01.